The van der Waals surface area contributed by atoms with Crippen LogP contribution in [-0.2, 0) is 0 Å². The number of hydroxylamine groups is 1. The van der Waals surface area contributed by atoms with Crippen molar-refractivity contribution in [3.8, 4) is 0 Å². The molecule has 2 nitrogen and oxygen atoms in total. The van der Waals surface area contributed by atoms with Crippen LogP contribution in [0.2, 0.25) is 0 Å². The van der Waals surface area contributed by atoms with Crippen molar-refractivity contribution >= 4 is 0 Å². The van der Waals surface area contributed by atoms with Crippen LogP contribution in [0, 0.1) is 0 Å². The molecule has 1 atom stereocenters. The van der Waals surface area contributed by atoms with E-state index in [0.717, 1.165) is 12.8 Å². The highest BCUT2D eigenvalue weighted by molar-refractivity contribution is 4.58. The zero-order valence-electron chi connectivity index (χ0n) is 8.47. The summed E-state index contributed by atoms with van der Waals surface area (Å²) in [5, 5.41) is 8.68. The summed E-state index contributed by atoms with van der Waals surface area (Å²) in [5.74, 6) is 0. The van der Waals surface area contributed by atoms with Gasteiger partial charge in [0.25, 0.3) is 0 Å². The van der Waals surface area contributed by atoms with Crippen molar-refractivity contribution in [3.63, 3.8) is 0 Å². The Bertz CT molecular complexity index is 81.9. The van der Waals surface area contributed by atoms with Crippen molar-refractivity contribution < 1.29 is 5.21 Å². The van der Waals surface area contributed by atoms with Crippen LogP contribution in [0.15, 0.2) is 0 Å². The number of nitrogens with one attached hydrogen (secondary N) is 1. The van der Waals surface area contributed by atoms with E-state index in [9.17, 15) is 0 Å². The van der Waals surface area contributed by atoms with E-state index < -0.39 is 0 Å². The van der Waals surface area contributed by atoms with Crippen LogP contribution in [0.5, 0.6) is 0 Å². The van der Waals surface area contributed by atoms with Gasteiger partial charge in [-0.25, -0.2) is 5.48 Å². The molecule has 0 aliphatic rings. The monoisotopic (exact) mass is 173 g/mol. The molecular weight excluding hydrogens is 150 g/mol. The van der Waals surface area contributed by atoms with Gasteiger partial charge in [-0.3, -0.25) is 0 Å². The van der Waals surface area contributed by atoms with Crippen LogP contribution in [0.4, 0.5) is 0 Å². The molecule has 74 valence electrons. The highest BCUT2D eigenvalue weighted by Gasteiger charge is 2.02. The van der Waals surface area contributed by atoms with Crippen molar-refractivity contribution in [2.75, 3.05) is 0 Å². The van der Waals surface area contributed by atoms with E-state index in [-0.39, 0.29) is 0 Å². The van der Waals surface area contributed by atoms with E-state index in [0.29, 0.717) is 6.04 Å². The third-order valence-electron chi connectivity index (χ3n) is 2.33. The second kappa shape index (κ2) is 9.01. The van der Waals surface area contributed by atoms with Gasteiger partial charge in [0, 0.05) is 6.04 Å². The molecule has 0 aromatic rings. The molecule has 0 aromatic carbocycles. The smallest absolute Gasteiger partial charge is 0.0317 e. The molecule has 0 fully saturated rings. The van der Waals surface area contributed by atoms with E-state index in [4.69, 9.17) is 5.21 Å². The zero-order valence-corrected chi connectivity index (χ0v) is 8.47. The molecule has 0 spiro atoms. The maximum atomic E-state index is 8.68. The fourth-order valence-electron chi connectivity index (χ4n) is 1.35. The fourth-order valence-corrected chi connectivity index (χ4v) is 1.35. The fraction of sp³-hybridized carbons (Fsp3) is 1.00. The minimum absolute atomic E-state index is 0.312. The number of unbranched alkanes of at least 4 members (excludes halogenated alkanes) is 4. The normalized spacial score (nSPS) is 13.2. The maximum Gasteiger partial charge on any atom is 0.0317 e. The summed E-state index contributed by atoms with van der Waals surface area (Å²) in [6.45, 7) is 4.32. The van der Waals surface area contributed by atoms with Crippen LogP contribution in [0.25, 0.3) is 0 Å². The molecule has 0 bridgehead atoms. The standard InChI is InChI=1S/C10H23NO/c1-3-5-6-7-8-9-10(4-2)11-12/h10-12H,3-9H2,1-2H3. The molecule has 0 aromatic heterocycles. The highest BCUT2D eigenvalue weighted by Crippen LogP contribution is 2.08. The van der Waals surface area contributed by atoms with Gasteiger partial charge >= 0.3 is 0 Å². The Morgan fingerprint density at radius 1 is 1.08 bits per heavy atom. The topological polar surface area (TPSA) is 32.3 Å². The molecule has 1 unspecified atom stereocenters. The molecule has 0 radical (unpaired) electrons. The SMILES string of the molecule is CCCCCCCC(CC)NO. The quantitative estimate of drug-likeness (QED) is 0.436. The van der Waals surface area contributed by atoms with E-state index >= 15 is 0 Å². The lowest BCUT2D eigenvalue weighted by Crippen LogP contribution is -2.24. The number of hydrogen-bond acceptors (Lipinski definition) is 2. The first-order valence-electron chi connectivity index (χ1n) is 5.24. The molecule has 0 heterocycles. The lowest BCUT2D eigenvalue weighted by Gasteiger charge is -2.11. The first-order chi connectivity index (χ1) is 5.85. The lowest BCUT2D eigenvalue weighted by molar-refractivity contribution is 0.118. The van der Waals surface area contributed by atoms with Crippen LogP contribution in [-0.4, -0.2) is 11.2 Å². The molecular formula is C10H23NO. The average molecular weight is 173 g/mol. The third kappa shape index (κ3) is 6.62. The van der Waals surface area contributed by atoms with Crippen LogP contribution >= 0.6 is 0 Å². The van der Waals surface area contributed by atoms with E-state index in [1.54, 1.807) is 0 Å². The van der Waals surface area contributed by atoms with Gasteiger partial charge in [0.05, 0.1) is 0 Å². The molecule has 0 amide bonds. The first kappa shape index (κ1) is 11.9. The van der Waals surface area contributed by atoms with Crippen molar-refractivity contribution in [2.45, 2.75) is 64.8 Å². The molecule has 12 heavy (non-hydrogen) atoms. The maximum absolute atomic E-state index is 8.68. The molecule has 0 rings (SSSR count). The van der Waals surface area contributed by atoms with Gasteiger partial charge in [-0.1, -0.05) is 46.0 Å². The van der Waals surface area contributed by atoms with Gasteiger partial charge in [-0.15, -0.1) is 0 Å². The predicted molar refractivity (Wildman–Crippen MR) is 52.4 cm³/mol. The van der Waals surface area contributed by atoms with Gasteiger partial charge in [0.15, 0.2) is 0 Å². The summed E-state index contributed by atoms with van der Waals surface area (Å²) >= 11 is 0. The number of hydrogen-bond donors (Lipinski definition) is 2. The van der Waals surface area contributed by atoms with Crippen LogP contribution in [0.3, 0.4) is 0 Å². The van der Waals surface area contributed by atoms with Crippen molar-refractivity contribution in [2.24, 2.45) is 0 Å². The predicted octanol–water partition coefficient (Wildman–Crippen LogP) is 3.10. The second-order valence-corrected chi connectivity index (χ2v) is 3.44. The highest BCUT2D eigenvalue weighted by atomic mass is 16.5. The minimum Gasteiger partial charge on any atom is -0.317 e. The Labute approximate surface area is 76.3 Å². The van der Waals surface area contributed by atoms with E-state index in [1.165, 1.54) is 32.1 Å². The second-order valence-electron chi connectivity index (χ2n) is 3.44. The third-order valence-corrected chi connectivity index (χ3v) is 2.33. The van der Waals surface area contributed by atoms with E-state index in [2.05, 4.69) is 19.3 Å². The lowest BCUT2D eigenvalue weighted by atomic mass is 10.1. The Balaban J connectivity index is 3.06. The van der Waals surface area contributed by atoms with E-state index in [1.807, 2.05) is 0 Å². The summed E-state index contributed by atoms with van der Waals surface area (Å²) in [6.07, 6.45) is 8.68. The molecule has 0 saturated heterocycles. The molecule has 0 aliphatic heterocycles. The van der Waals surface area contributed by atoms with Crippen molar-refractivity contribution in [1.29, 1.82) is 0 Å². The molecule has 0 aliphatic carbocycles. The summed E-state index contributed by atoms with van der Waals surface area (Å²) in [4.78, 5) is 0. The number of rotatable bonds is 8. The molecule has 2 N–H and O–H groups in total. The molecule has 0 saturated carbocycles. The summed E-state index contributed by atoms with van der Waals surface area (Å²) < 4.78 is 0. The van der Waals surface area contributed by atoms with Gasteiger partial charge < -0.3 is 5.21 Å². The van der Waals surface area contributed by atoms with Crippen molar-refractivity contribution in [1.82, 2.24) is 5.48 Å². The van der Waals surface area contributed by atoms with Crippen LogP contribution < -0.4 is 5.48 Å². The Morgan fingerprint density at radius 2 is 1.75 bits per heavy atom. The van der Waals surface area contributed by atoms with Gasteiger partial charge in [0.2, 0.25) is 0 Å². The largest absolute Gasteiger partial charge is 0.317 e. The Hall–Kier alpha value is -0.0800. The zero-order chi connectivity index (χ0) is 9.23. The average Bonchev–Trinajstić information content (AvgIpc) is 2.11. The van der Waals surface area contributed by atoms with Crippen molar-refractivity contribution in [3.05, 3.63) is 0 Å². The van der Waals surface area contributed by atoms with Gasteiger partial charge in [-0.2, -0.15) is 0 Å². The molecule has 2 heteroatoms. The Kier molecular flexibility index (Phi) is 8.95. The summed E-state index contributed by atoms with van der Waals surface area (Å²) in [6, 6.07) is 0.312. The van der Waals surface area contributed by atoms with Gasteiger partial charge in [-0.05, 0) is 12.8 Å². The summed E-state index contributed by atoms with van der Waals surface area (Å²) in [5.41, 5.74) is 2.34. The van der Waals surface area contributed by atoms with Crippen LogP contribution in [0.1, 0.15) is 58.8 Å². The minimum atomic E-state index is 0.312. The summed E-state index contributed by atoms with van der Waals surface area (Å²) in [7, 11) is 0. The Morgan fingerprint density at radius 3 is 2.25 bits per heavy atom. The first-order valence-corrected chi connectivity index (χ1v) is 5.24. The van der Waals surface area contributed by atoms with Gasteiger partial charge in [0.1, 0.15) is 0 Å².